The SMILES string of the molecule is CCNC(=NCc1ccc(C(=O)N(C)C)cc1)NCC(=O)N(C)C. The molecule has 0 saturated carbocycles. The molecule has 1 aromatic rings. The molecule has 0 bridgehead atoms. The van der Waals surface area contributed by atoms with Crippen molar-refractivity contribution in [3.8, 4) is 0 Å². The van der Waals surface area contributed by atoms with Crippen molar-refractivity contribution in [1.29, 1.82) is 0 Å². The highest BCUT2D eigenvalue weighted by Gasteiger charge is 2.08. The number of nitrogens with zero attached hydrogens (tertiary/aromatic N) is 3. The van der Waals surface area contributed by atoms with Gasteiger partial charge in [-0.3, -0.25) is 9.59 Å². The molecule has 0 unspecified atom stereocenters. The van der Waals surface area contributed by atoms with Crippen LogP contribution in [0.2, 0.25) is 0 Å². The Labute approximate surface area is 143 Å². The molecular formula is C17H27N5O2. The monoisotopic (exact) mass is 333 g/mol. The fourth-order valence-electron chi connectivity index (χ4n) is 1.84. The van der Waals surface area contributed by atoms with Gasteiger partial charge in [-0.15, -0.1) is 0 Å². The van der Waals surface area contributed by atoms with Crippen LogP contribution < -0.4 is 10.6 Å². The maximum Gasteiger partial charge on any atom is 0.253 e. The second kappa shape index (κ2) is 9.54. The van der Waals surface area contributed by atoms with Crippen LogP contribution in [0.1, 0.15) is 22.8 Å². The van der Waals surface area contributed by atoms with E-state index in [0.29, 0.717) is 24.6 Å². The second-order valence-electron chi connectivity index (χ2n) is 5.73. The number of hydrogen-bond acceptors (Lipinski definition) is 3. The van der Waals surface area contributed by atoms with Crippen LogP contribution in [-0.4, -0.2) is 68.9 Å². The third-order valence-corrected chi connectivity index (χ3v) is 3.28. The second-order valence-corrected chi connectivity index (χ2v) is 5.73. The summed E-state index contributed by atoms with van der Waals surface area (Å²) < 4.78 is 0. The molecule has 0 aliphatic carbocycles. The normalized spacial score (nSPS) is 11.0. The molecular weight excluding hydrogens is 306 g/mol. The van der Waals surface area contributed by atoms with Crippen LogP contribution in [0, 0.1) is 0 Å². The molecule has 1 rings (SSSR count). The molecule has 0 aromatic heterocycles. The van der Waals surface area contributed by atoms with Crippen LogP contribution in [0.5, 0.6) is 0 Å². The van der Waals surface area contributed by atoms with Gasteiger partial charge in [-0.1, -0.05) is 12.1 Å². The first-order chi connectivity index (χ1) is 11.3. The lowest BCUT2D eigenvalue weighted by molar-refractivity contribution is -0.127. The summed E-state index contributed by atoms with van der Waals surface area (Å²) in [6.45, 7) is 3.32. The summed E-state index contributed by atoms with van der Waals surface area (Å²) in [4.78, 5) is 31.0. The fourth-order valence-corrected chi connectivity index (χ4v) is 1.84. The van der Waals surface area contributed by atoms with Gasteiger partial charge in [0.15, 0.2) is 5.96 Å². The number of benzene rings is 1. The molecule has 0 radical (unpaired) electrons. The molecule has 0 aliphatic heterocycles. The zero-order valence-electron chi connectivity index (χ0n) is 15.1. The quantitative estimate of drug-likeness (QED) is 0.588. The van der Waals surface area contributed by atoms with Crippen LogP contribution in [-0.2, 0) is 11.3 Å². The average Bonchev–Trinajstić information content (AvgIpc) is 2.56. The van der Waals surface area contributed by atoms with Crippen LogP contribution in [0.15, 0.2) is 29.3 Å². The first-order valence-corrected chi connectivity index (χ1v) is 7.88. The summed E-state index contributed by atoms with van der Waals surface area (Å²) in [5.41, 5.74) is 1.63. The average molecular weight is 333 g/mol. The molecule has 0 fully saturated rings. The molecule has 7 nitrogen and oxygen atoms in total. The highest BCUT2D eigenvalue weighted by molar-refractivity contribution is 5.93. The summed E-state index contributed by atoms with van der Waals surface area (Å²) in [7, 11) is 6.88. The first kappa shape index (κ1) is 19.5. The van der Waals surface area contributed by atoms with Crippen LogP contribution in [0.4, 0.5) is 0 Å². The third-order valence-electron chi connectivity index (χ3n) is 3.28. The Hall–Kier alpha value is -2.57. The summed E-state index contributed by atoms with van der Waals surface area (Å²) in [6.07, 6.45) is 0. The molecule has 0 saturated heterocycles. The predicted octanol–water partition coefficient (Wildman–Crippen LogP) is 0.532. The van der Waals surface area contributed by atoms with E-state index in [-0.39, 0.29) is 18.4 Å². The van der Waals surface area contributed by atoms with Crippen molar-refractivity contribution in [3.05, 3.63) is 35.4 Å². The molecule has 0 aliphatic rings. The maximum absolute atomic E-state index is 11.9. The fraction of sp³-hybridized carbons (Fsp3) is 0.471. The van der Waals surface area contributed by atoms with Gasteiger partial charge >= 0.3 is 0 Å². The molecule has 7 heteroatoms. The highest BCUT2D eigenvalue weighted by atomic mass is 16.2. The van der Waals surface area contributed by atoms with E-state index in [0.717, 1.165) is 5.56 Å². The van der Waals surface area contributed by atoms with Gasteiger partial charge in [0.05, 0.1) is 13.1 Å². The van der Waals surface area contributed by atoms with Gasteiger partial charge in [0.2, 0.25) is 5.91 Å². The Kier molecular flexibility index (Phi) is 7.74. The van der Waals surface area contributed by atoms with Crippen LogP contribution in [0.3, 0.4) is 0 Å². The van der Waals surface area contributed by atoms with Gasteiger partial charge in [-0.25, -0.2) is 4.99 Å². The number of carbonyl (C=O) groups is 2. The molecule has 0 atom stereocenters. The van der Waals surface area contributed by atoms with E-state index in [2.05, 4.69) is 15.6 Å². The van der Waals surface area contributed by atoms with Crippen molar-refractivity contribution in [2.45, 2.75) is 13.5 Å². The Morgan fingerprint density at radius 1 is 1.00 bits per heavy atom. The minimum atomic E-state index is -0.0257. The number of guanidine groups is 1. The van der Waals surface area contributed by atoms with E-state index in [1.54, 1.807) is 45.2 Å². The number of aliphatic imine (C=N–C) groups is 1. The standard InChI is InChI=1S/C17H27N5O2/c1-6-18-17(20-12-15(23)21(2)3)19-11-13-7-9-14(10-8-13)16(24)22(4)5/h7-10H,6,11-12H2,1-5H3,(H2,18,19,20). The zero-order chi connectivity index (χ0) is 18.1. The van der Waals surface area contributed by atoms with Crippen molar-refractivity contribution < 1.29 is 9.59 Å². The molecule has 1 aromatic carbocycles. The van der Waals surface area contributed by atoms with E-state index >= 15 is 0 Å². The molecule has 2 amide bonds. The topological polar surface area (TPSA) is 77.0 Å². The Bertz CT molecular complexity index is 579. The summed E-state index contributed by atoms with van der Waals surface area (Å²) >= 11 is 0. The zero-order valence-corrected chi connectivity index (χ0v) is 15.1. The maximum atomic E-state index is 11.9. The van der Waals surface area contributed by atoms with E-state index in [1.165, 1.54) is 4.90 Å². The Balaban J connectivity index is 2.68. The van der Waals surface area contributed by atoms with Crippen molar-refractivity contribution >= 4 is 17.8 Å². The van der Waals surface area contributed by atoms with Crippen LogP contribution in [0.25, 0.3) is 0 Å². The largest absolute Gasteiger partial charge is 0.357 e. The summed E-state index contributed by atoms with van der Waals surface area (Å²) in [5, 5.41) is 6.10. The minimum absolute atomic E-state index is 0.0212. The number of likely N-dealkylation sites (N-methyl/N-ethyl adjacent to an activating group) is 1. The molecule has 0 heterocycles. The van der Waals surface area contributed by atoms with E-state index in [9.17, 15) is 9.59 Å². The number of hydrogen-bond donors (Lipinski definition) is 2. The lowest BCUT2D eigenvalue weighted by Gasteiger charge is -2.14. The molecule has 0 spiro atoms. The van der Waals surface area contributed by atoms with E-state index in [4.69, 9.17) is 0 Å². The first-order valence-electron chi connectivity index (χ1n) is 7.88. The van der Waals surface area contributed by atoms with Crippen molar-refractivity contribution in [3.63, 3.8) is 0 Å². The van der Waals surface area contributed by atoms with Crippen molar-refractivity contribution in [2.75, 3.05) is 41.3 Å². The number of nitrogens with one attached hydrogen (secondary N) is 2. The lowest BCUT2D eigenvalue weighted by atomic mass is 10.1. The van der Waals surface area contributed by atoms with E-state index in [1.807, 2.05) is 19.1 Å². The van der Waals surface area contributed by atoms with Gasteiger partial charge in [0, 0.05) is 40.3 Å². The molecule has 132 valence electrons. The summed E-state index contributed by atoms with van der Waals surface area (Å²) in [5.74, 6) is 0.538. The Morgan fingerprint density at radius 2 is 1.62 bits per heavy atom. The molecule has 2 N–H and O–H groups in total. The van der Waals surface area contributed by atoms with Gasteiger partial charge in [0.25, 0.3) is 5.91 Å². The van der Waals surface area contributed by atoms with Gasteiger partial charge in [-0.2, -0.15) is 0 Å². The minimum Gasteiger partial charge on any atom is -0.357 e. The highest BCUT2D eigenvalue weighted by Crippen LogP contribution is 2.07. The Morgan fingerprint density at radius 3 is 2.12 bits per heavy atom. The van der Waals surface area contributed by atoms with Crippen LogP contribution >= 0.6 is 0 Å². The van der Waals surface area contributed by atoms with Crippen molar-refractivity contribution in [1.82, 2.24) is 20.4 Å². The predicted molar refractivity (Wildman–Crippen MR) is 96.0 cm³/mol. The smallest absolute Gasteiger partial charge is 0.253 e. The lowest BCUT2D eigenvalue weighted by Crippen LogP contribution is -2.42. The molecule has 24 heavy (non-hydrogen) atoms. The van der Waals surface area contributed by atoms with Gasteiger partial charge in [-0.05, 0) is 24.6 Å². The summed E-state index contributed by atoms with van der Waals surface area (Å²) in [6, 6.07) is 7.36. The number of rotatable bonds is 6. The van der Waals surface area contributed by atoms with Gasteiger partial charge < -0.3 is 20.4 Å². The van der Waals surface area contributed by atoms with Crippen molar-refractivity contribution in [2.24, 2.45) is 4.99 Å². The number of carbonyl (C=O) groups excluding carboxylic acids is 2. The van der Waals surface area contributed by atoms with Gasteiger partial charge in [0.1, 0.15) is 0 Å². The van der Waals surface area contributed by atoms with E-state index < -0.39 is 0 Å². The third kappa shape index (κ3) is 6.28. The number of amides is 2.